The molecule has 0 aliphatic carbocycles. The van der Waals surface area contributed by atoms with E-state index in [2.05, 4.69) is 0 Å². The molecule has 0 bridgehead atoms. The molecule has 0 heterocycles. The monoisotopic (exact) mass is 344 g/mol. The lowest BCUT2D eigenvalue weighted by Gasteiger charge is -2.22. The van der Waals surface area contributed by atoms with Crippen LogP contribution < -0.4 is 4.90 Å². The molecular formula is C16H22N2O4S. The Balaban J connectivity index is 2.77. The fourth-order valence-corrected chi connectivity index (χ4v) is 4.03. The van der Waals surface area contributed by atoms with Crippen molar-refractivity contribution in [1.29, 1.82) is 0 Å². The number of fused-ring (bicyclic) bond motifs is 1. The molecule has 0 saturated heterocycles. The Morgan fingerprint density at radius 3 is 2.22 bits per heavy atom. The molecule has 0 atom stereocenters. The van der Waals surface area contributed by atoms with Gasteiger partial charge >= 0.3 is 0 Å². The second-order valence-electron chi connectivity index (χ2n) is 4.82. The first-order valence-electron chi connectivity index (χ1n) is 9.89. The average Bonchev–Trinajstić information content (AvgIpc) is 2.59. The summed E-state index contributed by atoms with van der Waals surface area (Å²) in [5.41, 5.74) is -0.157. The van der Waals surface area contributed by atoms with E-state index >= 15 is 0 Å². The van der Waals surface area contributed by atoms with Crippen LogP contribution in [0.15, 0.2) is 41.3 Å². The second-order valence-corrected chi connectivity index (χ2v) is 6.72. The van der Waals surface area contributed by atoms with Crippen molar-refractivity contribution >= 4 is 26.5 Å². The highest BCUT2D eigenvalue weighted by atomic mass is 32.2. The molecule has 6 nitrogen and oxygen atoms in total. The van der Waals surface area contributed by atoms with Crippen molar-refractivity contribution in [2.24, 2.45) is 0 Å². The maximum atomic E-state index is 13.1. The van der Waals surface area contributed by atoms with Crippen LogP contribution in [-0.2, 0) is 10.0 Å². The summed E-state index contributed by atoms with van der Waals surface area (Å²) in [5, 5.41) is 18.6. The maximum absolute atomic E-state index is 13.1. The Morgan fingerprint density at radius 1 is 1.00 bits per heavy atom. The molecule has 126 valence electrons. The van der Waals surface area contributed by atoms with Gasteiger partial charge in [-0.05, 0) is 12.1 Å². The van der Waals surface area contributed by atoms with Crippen molar-refractivity contribution in [2.75, 3.05) is 45.2 Å². The molecule has 0 saturated carbocycles. The number of hydrogen-bond donors (Lipinski definition) is 2. The second kappa shape index (κ2) is 7.27. The standard InChI is InChI=1S/C16H22N2O4S/c1-17(2)15-7-3-6-14-13(15)5-4-8-16(14)23(21,22)18(9-11-19)10-12-20/h3-8,19-20H,9-12H2,1-2H3/i1D3,2D3. The number of aliphatic hydroxyl groups excluding tert-OH is 2. The molecule has 0 spiro atoms. The van der Waals surface area contributed by atoms with E-state index in [1.54, 1.807) is 0 Å². The van der Waals surface area contributed by atoms with Crippen LogP contribution in [0.1, 0.15) is 8.22 Å². The quantitative estimate of drug-likeness (QED) is 0.779. The third-order valence-corrected chi connectivity index (χ3v) is 5.37. The van der Waals surface area contributed by atoms with Gasteiger partial charge in [0.15, 0.2) is 0 Å². The first kappa shape index (κ1) is 11.0. The molecule has 0 amide bonds. The predicted molar refractivity (Wildman–Crippen MR) is 91.2 cm³/mol. The van der Waals surface area contributed by atoms with Gasteiger partial charge in [-0.15, -0.1) is 0 Å². The zero-order chi connectivity index (χ0) is 22.0. The van der Waals surface area contributed by atoms with Crippen molar-refractivity contribution in [2.45, 2.75) is 4.90 Å². The van der Waals surface area contributed by atoms with Gasteiger partial charge < -0.3 is 15.1 Å². The molecule has 0 radical (unpaired) electrons. The van der Waals surface area contributed by atoms with Crippen molar-refractivity contribution in [1.82, 2.24) is 4.31 Å². The van der Waals surface area contributed by atoms with Gasteiger partial charge in [0.25, 0.3) is 0 Å². The normalized spacial score (nSPS) is 17.0. The van der Waals surface area contributed by atoms with E-state index < -0.39 is 37.2 Å². The summed E-state index contributed by atoms with van der Waals surface area (Å²) in [6.45, 7) is -7.38. The molecule has 2 aromatic rings. The number of anilines is 1. The van der Waals surface area contributed by atoms with Crippen molar-refractivity contribution < 1.29 is 26.9 Å². The molecule has 0 aromatic heterocycles. The predicted octanol–water partition coefficient (Wildman–Crippen LogP) is 0.881. The first-order valence-corrected chi connectivity index (χ1v) is 8.33. The molecule has 0 aliphatic rings. The van der Waals surface area contributed by atoms with Gasteiger partial charge in [-0.1, -0.05) is 24.3 Å². The highest BCUT2D eigenvalue weighted by molar-refractivity contribution is 7.89. The van der Waals surface area contributed by atoms with E-state index in [0.29, 0.717) is 4.90 Å². The Kier molecular flexibility index (Phi) is 3.47. The lowest BCUT2D eigenvalue weighted by molar-refractivity contribution is 0.217. The Labute approximate surface area is 145 Å². The molecule has 23 heavy (non-hydrogen) atoms. The van der Waals surface area contributed by atoms with Crippen LogP contribution in [0.5, 0.6) is 0 Å². The van der Waals surface area contributed by atoms with Gasteiger partial charge in [-0.25, -0.2) is 8.42 Å². The van der Waals surface area contributed by atoms with Crippen LogP contribution in [0.25, 0.3) is 10.8 Å². The lowest BCUT2D eigenvalue weighted by Crippen LogP contribution is -2.36. The van der Waals surface area contributed by atoms with E-state index in [4.69, 9.17) is 18.4 Å². The summed E-state index contributed by atoms with van der Waals surface area (Å²) in [6.07, 6.45) is 0. The molecule has 0 fully saturated rings. The van der Waals surface area contributed by atoms with Gasteiger partial charge in [0, 0.05) is 51.7 Å². The number of aliphatic hydroxyl groups is 2. The SMILES string of the molecule is [2H]C([2H])([2H])N(c1cccc2c(S(=O)(=O)N(CCO)CCO)cccc12)C([2H])([2H])[2H]. The van der Waals surface area contributed by atoms with Crippen molar-refractivity contribution in [3.63, 3.8) is 0 Å². The molecular weight excluding hydrogens is 316 g/mol. The summed E-state index contributed by atoms with van der Waals surface area (Å²) < 4.78 is 72.8. The molecule has 2 rings (SSSR count). The third kappa shape index (κ3) is 3.48. The zero-order valence-corrected chi connectivity index (χ0v) is 13.1. The molecule has 2 aromatic carbocycles. The van der Waals surface area contributed by atoms with E-state index in [0.717, 1.165) is 4.31 Å². The summed E-state index contributed by atoms with van der Waals surface area (Å²) in [5.74, 6) is 0. The van der Waals surface area contributed by atoms with Crippen LogP contribution in [0.3, 0.4) is 0 Å². The van der Waals surface area contributed by atoms with Gasteiger partial charge in [0.05, 0.1) is 18.1 Å². The number of sulfonamides is 1. The number of hydrogen-bond acceptors (Lipinski definition) is 5. The number of rotatable bonds is 7. The van der Waals surface area contributed by atoms with Crippen LogP contribution in [0.2, 0.25) is 0 Å². The van der Waals surface area contributed by atoms with E-state index in [1.165, 1.54) is 36.4 Å². The summed E-state index contributed by atoms with van der Waals surface area (Å²) in [6, 6.07) is 8.25. The minimum absolute atomic E-state index is 0.129. The van der Waals surface area contributed by atoms with Gasteiger partial charge in [-0.2, -0.15) is 4.31 Å². The summed E-state index contributed by atoms with van der Waals surface area (Å²) in [4.78, 5) is 0.118. The van der Waals surface area contributed by atoms with Crippen LogP contribution >= 0.6 is 0 Å². The molecule has 0 aliphatic heterocycles. The van der Waals surface area contributed by atoms with Crippen LogP contribution in [0, 0.1) is 0 Å². The summed E-state index contributed by atoms with van der Waals surface area (Å²) in [7, 11) is -4.15. The van der Waals surface area contributed by atoms with Crippen molar-refractivity contribution in [3.05, 3.63) is 36.4 Å². The van der Waals surface area contributed by atoms with E-state index in [-0.39, 0.29) is 34.4 Å². The molecule has 2 N–H and O–H groups in total. The Morgan fingerprint density at radius 2 is 1.61 bits per heavy atom. The fraction of sp³-hybridized carbons (Fsp3) is 0.375. The van der Waals surface area contributed by atoms with Crippen molar-refractivity contribution in [3.8, 4) is 0 Å². The van der Waals surface area contributed by atoms with Gasteiger partial charge in [0.2, 0.25) is 10.0 Å². The number of nitrogens with zero attached hydrogens (tertiary/aromatic N) is 2. The first-order chi connectivity index (χ1) is 13.4. The van der Waals surface area contributed by atoms with Gasteiger partial charge in [0.1, 0.15) is 0 Å². The highest BCUT2D eigenvalue weighted by Crippen LogP contribution is 2.31. The average molecular weight is 344 g/mol. The minimum atomic E-state index is -4.15. The largest absolute Gasteiger partial charge is 0.395 e. The Hall–Kier alpha value is -1.67. The smallest absolute Gasteiger partial charge is 0.243 e. The molecule has 7 heteroatoms. The fourth-order valence-electron chi connectivity index (χ4n) is 2.40. The highest BCUT2D eigenvalue weighted by Gasteiger charge is 2.25. The number of benzene rings is 2. The van der Waals surface area contributed by atoms with Crippen LogP contribution in [-0.4, -0.2) is 63.2 Å². The topological polar surface area (TPSA) is 81.1 Å². The maximum Gasteiger partial charge on any atom is 0.243 e. The Bertz CT molecular complexity index is 942. The third-order valence-electron chi connectivity index (χ3n) is 3.42. The van der Waals surface area contributed by atoms with E-state index in [1.807, 2.05) is 0 Å². The zero-order valence-electron chi connectivity index (χ0n) is 18.3. The van der Waals surface area contributed by atoms with Crippen LogP contribution in [0.4, 0.5) is 5.69 Å². The summed E-state index contributed by atoms with van der Waals surface area (Å²) >= 11 is 0. The lowest BCUT2D eigenvalue weighted by atomic mass is 10.1. The minimum Gasteiger partial charge on any atom is -0.395 e. The van der Waals surface area contributed by atoms with Gasteiger partial charge in [-0.3, -0.25) is 0 Å². The molecule has 0 unspecified atom stereocenters. The van der Waals surface area contributed by atoms with E-state index in [9.17, 15) is 8.42 Å².